The van der Waals surface area contributed by atoms with Crippen LogP contribution < -0.4 is 4.90 Å². The Kier molecular flexibility index (Phi) is 4.44. The number of anilines is 1. The maximum Gasteiger partial charge on any atom is 0.146 e. The van der Waals surface area contributed by atoms with Crippen LogP contribution in [0, 0.1) is 5.82 Å². The molecular weight excluding hydrogens is 308 g/mol. The zero-order valence-electron chi connectivity index (χ0n) is 10.6. The average Bonchev–Trinajstić information content (AvgIpc) is 2.33. The van der Waals surface area contributed by atoms with Gasteiger partial charge in [0.1, 0.15) is 5.82 Å². The Morgan fingerprint density at radius 2 is 1.89 bits per heavy atom. The van der Waals surface area contributed by atoms with Crippen molar-refractivity contribution in [2.24, 2.45) is 0 Å². The molecule has 0 radical (unpaired) electrons. The SMILES string of the molecule is CN(C)c1c(F)cccc1C1CC(Cl)=CC(Cl)=C1Cl. The number of nitrogens with zero attached hydrogens (tertiary/aromatic N) is 1. The Balaban J connectivity index is 2.55. The summed E-state index contributed by atoms with van der Waals surface area (Å²) in [5, 5.41) is 1.53. The second-order valence-electron chi connectivity index (χ2n) is 4.62. The Hall–Kier alpha value is -0.700. The van der Waals surface area contributed by atoms with Crippen LogP contribution in [-0.4, -0.2) is 14.1 Å². The van der Waals surface area contributed by atoms with E-state index in [0.29, 0.717) is 27.2 Å². The molecule has 19 heavy (non-hydrogen) atoms. The molecular formula is C14H13Cl3FN. The summed E-state index contributed by atoms with van der Waals surface area (Å²) in [6.07, 6.45) is 2.16. The first-order chi connectivity index (χ1) is 8.91. The van der Waals surface area contributed by atoms with Gasteiger partial charge in [-0.2, -0.15) is 0 Å². The Labute approximate surface area is 127 Å². The van der Waals surface area contributed by atoms with Crippen LogP contribution in [0.2, 0.25) is 0 Å². The summed E-state index contributed by atoms with van der Waals surface area (Å²) >= 11 is 18.4. The number of hydrogen-bond donors (Lipinski definition) is 0. The van der Waals surface area contributed by atoms with Crippen molar-refractivity contribution in [3.63, 3.8) is 0 Å². The molecule has 0 heterocycles. The molecule has 0 spiro atoms. The van der Waals surface area contributed by atoms with Crippen molar-refractivity contribution >= 4 is 40.5 Å². The lowest BCUT2D eigenvalue weighted by Crippen LogP contribution is -2.16. The summed E-state index contributed by atoms with van der Waals surface area (Å²) in [6.45, 7) is 0. The van der Waals surface area contributed by atoms with E-state index >= 15 is 0 Å². The first kappa shape index (κ1) is 14.7. The molecule has 0 bridgehead atoms. The lowest BCUT2D eigenvalue weighted by molar-refractivity contribution is 0.621. The first-order valence-corrected chi connectivity index (χ1v) is 6.92. The van der Waals surface area contributed by atoms with Gasteiger partial charge in [-0.05, 0) is 24.1 Å². The molecule has 2 rings (SSSR count). The van der Waals surface area contributed by atoms with E-state index in [1.165, 1.54) is 6.07 Å². The highest BCUT2D eigenvalue weighted by Gasteiger charge is 2.27. The summed E-state index contributed by atoms with van der Waals surface area (Å²) in [4.78, 5) is 1.73. The molecule has 1 aromatic rings. The zero-order valence-corrected chi connectivity index (χ0v) is 12.8. The molecule has 1 unspecified atom stereocenters. The number of benzene rings is 1. The number of allylic oxidation sites excluding steroid dienone is 4. The second kappa shape index (κ2) is 5.74. The Morgan fingerprint density at radius 1 is 1.21 bits per heavy atom. The van der Waals surface area contributed by atoms with Gasteiger partial charge in [0.25, 0.3) is 0 Å². The van der Waals surface area contributed by atoms with Crippen molar-refractivity contribution in [2.75, 3.05) is 19.0 Å². The number of rotatable bonds is 2. The molecule has 1 aromatic carbocycles. The van der Waals surface area contributed by atoms with Crippen molar-refractivity contribution in [1.82, 2.24) is 0 Å². The predicted molar refractivity (Wildman–Crippen MR) is 80.8 cm³/mol. The van der Waals surface area contributed by atoms with Crippen molar-refractivity contribution in [3.05, 3.63) is 50.8 Å². The van der Waals surface area contributed by atoms with E-state index in [1.54, 1.807) is 31.1 Å². The van der Waals surface area contributed by atoms with Crippen LogP contribution >= 0.6 is 34.8 Å². The van der Waals surface area contributed by atoms with Crippen LogP contribution in [0.25, 0.3) is 0 Å². The van der Waals surface area contributed by atoms with E-state index < -0.39 is 0 Å². The highest BCUT2D eigenvalue weighted by molar-refractivity contribution is 6.42. The third kappa shape index (κ3) is 2.91. The van der Waals surface area contributed by atoms with Gasteiger partial charge in [-0.1, -0.05) is 46.9 Å². The van der Waals surface area contributed by atoms with Crippen LogP contribution in [0.3, 0.4) is 0 Å². The quantitative estimate of drug-likeness (QED) is 0.724. The number of halogens is 4. The van der Waals surface area contributed by atoms with Gasteiger partial charge in [-0.3, -0.25) is 0 Å². The maximum atomic E-state index is 14.0. The van der Waals surface area contributed by atoms with E-state index in [0.717, 1.165) is 5.56 Å². The average molecular weight is 321 g/mol. The predicted octanol–water partition coefficient (Wildman–Crippen LogP) is 5.19. The van der Waals surface area contributed by atoms with E-state index in [4.69, 9.17) is 34.8 Å². The highest BCUT2D eigenvalue weighted by atomic mass is 35.5. The molecule has 0 aromatic heterocycles. The molecule has 5 heteroatoms. The molecule has 1 nitrogen and oxygen atoms in total. The minimum absolute atomic E-state index is 0.209. The van der Waals surface area contributed by atoms with E-state index in [2.05, 4.69) is 0 Å². The van der Waals surface area contributed by atoms with E-state index in [1.807, 2.05) is 6.07 Å². The van der Waals surface area contributed by atoms with Crippen LogP contribution in [0.5, 0.6) is 0 Å². The van der Waals surface area contributed by atoms with E-state index in [-0.39, 0.29) is 11.7 Å². The third-order valence-corrected chi connectivity index (χ3v) is 4.20. The molecule has 0 amide bonds. The summed E-state index contributed by atoms with van der Waals surface area (Å²) in [5.74, 6) is -0.492. The molecule has 102 valence electrons. The molecule has 0 N–H and O–H groups in total. The van der Waals surface area contributed by atoms with Gasteiger partial charge in [0.15, 0.2) is 0 Å². The topological polar surface area (TPSA) is 3.24 Å². The molecule has 1 aliphatic carbocycles. The van der Waals surface area contributed by atoms with Crippen molar-refractivity contribution < 1.29 is 4.39 Å². The second-order valence-corrected chi connectivity index (χ2v) is 5.92. The van der Waals surface area contributed by atoms with Crippen molar-refractivity contribution in [2.45, 2.75) is 12.3 Å². The number of hydrogen-bond acceptors (Lipinski definition) is 1. The van der Waals surface area contributed by atoms with Gasteiger partial charge < -0.3 is 4.90 Å². The Bertz CT molecular complexity index is 564. The molecule has 1 aliphatic rings. The fourth-order valence-corrected chi connectivity index (χ4v) is 3.08. The van der Waals surface area contributed by atoms with Crippen LogP contribution in [0.15, 0.2) is 39.4 Å². The van der Waals surface area contributed by atoms with E-state index in [9.17, 15) is 4.39 Å². The first-order valence-electron chi connectivity index (χ1n) is 5.78. The van der Waals surface area contributed by atoms with Gasteiger partial charge in [-0.25, -0.2) is 4.39 Å². The standard InChI is InChI=1S/C14H13Cl3FN/c1-19(2)14-9(4-3-5-12(14)18)10-6-8(15)7-11(16)13(10)17/h3-5,7,10H,6H2,1-2H3. The van der Waals surface area contributed by atoms with Gasteiger partial charge in [-0.15, -0.1) is 0 Å². The maximum absolute atomic E-state index is 14.0. The number of para-hydroxylation sites is 1. The van der Waals surface area contributed by atoms with Crippen LogP contribution in [0.1, 0.15) is 17.9 Å². The van der Waals surface area contributed by atoms with Gasteiger partial charge in [0.05, 0.1) is 10.7 Å². The van der Waals surface area contributed by atoms with Crippen LogP contribution in [0.4, 0.5) is 10.1 Å². The smallest absolute Gasteiger partial charge is 0.146 e. The lowest BCUT2D eigenvalue weighted by Gasteiger charge is -2.26. The van der Waals surface area contributed by atoms with Gasteiger partial charge in [0.2, 0.25) is 0 Å². The molecule has 0 fully saturated rings. The lowest BCUT2D eigenvalue weighted by atomic mass is 9.90. The fourth-order valence-electron chi connectivity index (χ4n) is 2.25. The highest BCUT2D eigenvalue weighted by Crippen LogP contribution is 2.44. The van der Waals surface area contributed by atoms with Crippen molar-refractivity contribution in [3.8, 4) is 0 Å². The minimum Gasteiger partial charge on any atom is -0.375 e. The molecule has 0 saturated heterocycles. The van der Waals surface area contributed by atoms with Crippen molar-refractivity contribution in [1.29, 1.82) is 0 Å². The third-order valence-electron chi connectivity index (χ3n) is 3.06. The summed E-state index contributed by atoms with van der Waals surface area (Å²) < 4.78 is 14.0. The molecule has 0 saturated carbocycles. The van der Waals surface area contributed by atoms with Crippen LogP contribution in [-0.2, 0) is 0 Å². The van der Waals surface area contributed by atoms with Gasteiger partial charge >= 0.3 is 0 Å². The summed E-state index contributed by atoms with van der Waals surface area (Å²) in [6, 6.07) is 4.95. The zero-order chi connectivity index (χ0) is 14.2. The molecule has 1 atom stereocenters. The fraction of sp³-hybridized carbons (Fsp3) is 0.286. The Morgan fingerprint density at radius 3 is 2.53 bits per heavy atom. The summed E-state index contributed by atoms with van der Waals surface area (Å²) in [5.41, 5.74) is 1.31. The largest absolute Gasteiger partial charge is 0.375 e. The minimum atomic E-state index is -0.284. The molecule has 0 aliphatic heterocycles. The summed E-state index contributed by atoms with van der Waals surface area (Å²) in [7, 11) is 3.59. The monoisotopic (exact) mass is 319 g/mol. The van der Waals surface area contributed by atoms with Gasteiger partial charge in [0, 0.05) is 30.1 Å². The normalized spacial score (nSPS) is 19.5.